The molecule has 1 aliphatic heterocycles. The van der Waals surface area contributed by atoms with Crippen LogP contribution in [0.1, 0.15) is 42.8 Å². The summed E-state index contributed by atoms with van der Waals surface area (Å²) in [6, 6.07) is 0. The molecule has 6 nitrogen and oxygen atoms in total. The summed E-state index contributed by atoms with van der Waals surface area (Å²) in [5.74, 6) is 2.42. The molecule has 3 N–H and O–H groups in total. The summed E-state index contributed by atoms with van der Waals surface area (Å²) >= 11 is 0. The Morgan fingerprint density at radius 1 is 1.32 bits per heavy atom. The highest BCUT2D eigenvalue weighted by Gasteiger charge is 2.29. The van der Waals surface area contributed by atoms with E-state index in [0.717, 1.165) is 37.6 Å². The minimum absolute atomic E-state index is 0.355. The summed E-state index contributed by atoms with van der Waals surface area (Å²) in [7, 11) is 0. The third-order valence-corrected chi connectivity index (χ3v) is 4.16. The lowest BCUT2D eigenvalue weighted by molar-refractivity contribution is 0.0495. The van der Waals surface area contributed by atoms with Crippen molar-refractivity contribution in [1.82, 2.24) is 15.3 Å². The van der Waals surface area contributed by atoms with Crippen molar-refractivity contribution < 1.29 is 9.84 Å². The lowest BCUT2D eigenvalue weighted by Gasteiger charge is -2.17. The number of anilines is 1. The van der Waals surface area contributed by atoms with Crippen LogP contribution in [0.15, 0.2) is 0 Å². The lowest BCUT2D eigenvalue weighted by atomic mass is 10.1. The number of ether oxygens (including phenoxy) is 1. The SMILES string of the molecule is CCOC[C@@H](O)CNc1nc(C2CC2)nc2c1CCNCC2. The van der Waals surface area contributed by atoms with Crippen LogP contribution in [0.4, 0.5) is 5.82 Å². The lowest BCUT2D eigenvalue weighted by Crippen LogP contribution is -2.26. The number of aromatic nitrogens is 2. The van der Waals surface area contributed by atoms with Crippen LogP contribution in [0.5, 0.6) is 0 Å². The van der Waals surface area contributed by atoms with Gasteiger partial charge in [0.2, 0.25) is 0 Å². The molecule has 0 radical (unpaired) electrons. The van der Waals surface area contributed by atoms with E-state index in [9.17, 15) is 5.11 Å². The normalized spacial score (nSPS) is 19.4. The van der Waals surface area contributed by atoms with Crippen LogP contribution in [0.3, 0.4) is 0 Å². The molecule has 1 aromatic heterocycles. The minimum Gasteiger partial charge on any atom is -0.389 e. The van der Waals surface area contributed by atoms with Crippen LogP contribution in [-0.4, -0.2) is 54.0 Å². The molecule has 0 spiro atoms. The molecular weight excluding hydrogens is 280 g/mol. The van der Waals surface area contributed by atoms with Crippen molar-refractivity contribution in [2.75, 3.05) is 38.2 Å². The topological polar surface area (TPSA) is 79.3 Å². The van der Waals surface area contributed by atoms with Gasteiger partial charge in [0.05, 0.1) is 18.4 Å². The molecular formula is C16H26N4O2. The first-order valence-electron chi connectivity index (χ1n) is 8.38. The molecule has 1 atom stereocenters. The van der Waals surface area contributed by atoms with Crippen LogP contribution in [0, 0.1) is 0 Å². The average Bonchev–Trinajstić information content (AvgIpc) is 3.36. The van der Waals surface area contributed by atoms with Gasteiger partial charge in [-0.25, -0.2) is 9.97 Å². The third-order valence-electron chi connectivity index (χ3n) is 4.16. The summed E-state index contributed by atoms with van der Waals surface area (Å²) in [6.45, 7) is 5.29. The first-order chi connectivity index (χ1) is 10.8. The van der Waals surface area contributed by atoms with Gasteiger partial charge in [-0.3, -0.25) is 0 Å². The van der Waals surface area contributed by atoms with Crippen LogP contribution < -0.4 is 10.6 Å². The van der Waals surface area contributed by atoms with Gasteiger partial charge in [-0.05, 0) is 32.7 Å². The fraction of sp³-hybridized carbons (Fsp3) is 0.750. The van der Waals surface area contributed by atoms with Crippen molar-refractivity contribution in [3.63, 3.8) is 0 Å². The zero-order chi connectivity index (χ0) is 15.4. The molecule has 0 saturated heterocycles. The molecule has 3 rings (SSSR count). The molecule has 22 heavy (non-hydrogen) atoms. The molecule has 0 bridgehead atoms. The Labute approximate surface area is 131 Å². The highest BCUT2D eigenvalue weighted by Crippen LogP contribution is 2.39. The largest absolute Gasteiger partial charge is 0.389 e. The maximum absolute atomic E-state index is 9.95. The highest BCUT2D eigenvalue weighted by molar-refractivity contribution is 5.48. The van der Waals surface area contributed by atoms with E-state index in [0.29, 0.717) is 25.7 Å². The van der Waals surface area contributed by atoms with Gasteiger partial charge in [-0.1, -0.05) is 0 Å². The number of rotatable bonds is 7. The number of aliphatic hydroxyl groups is 1. The fourth-order valence-corrected chi connectivity index (χ4v) is 2.76. The zero-order valence-corrected chi connectivity index (χ0v) is 13.3. The first kappa shape index (κ1) is 15.6. The second kappa shape index (κ2) is 7.35. The second-order valence-electron chi connectivity index (χ2n) is 6.07. The van der Waals surface area contributed by atoms with E-state index in [1.54, 1.807) is 0 Å². The predicted octanol–water partition coefficient (Wildman–Crippen LogP) is 0.851. The number of aliphatic hydroxyl groups excluding tert-OH is 1. The average molecular weight is 306 g/mol. The van der Waals surface area contributed by atoms with E-state index in [1.807, 2.05) is 6.92 Å². The van der Waals surface area contributed by atoms with Gasteiger partial charge in [0.15, 0.2) is 0 Å². The molecule has 0 aromatic carbocycles. The summed E-state index contributed by atoms with van der Waals surface area (Å²) in [5.41, 5.74) is 2.38. The Balaban J connectivity index is 1.74. The van der Waals surface area contributed by atoms with Crippen molar-refractivity contribution >= 4 is 5.82 Å². The van der Waals surface area contributed by atoms with E-state index in [1.165, 1.54) is 24.1 Å². The Kier molecular flexibility index (Phi) is 5.23. The van der Waals surface area contributed by atoms with Gasteiger partial charge in [0.1, 0.15) is 11.6 Å². The molecule has 122 valence electrons. The monoisotopic (exact) mass is 306 g/mol. The summed E-state index contributed by atoms with van der Waals surface area (Å²) in [5, 5.41) is 16.7. The third kappa shape index (κ3) is 3.94. The van der Waals surface area contributed by atoms with Crippen molar-refractivity contribution in [2.24, 2.45) is 0 Å². The van der Waals surface area contributed by atoms with E-state index in [4.69, 9.17) is 14.7 Å². The second-order valence-corrected chi connectivity index (χ2v) is 6.07. The molecule has 6 heteroatoms. The van der Waals surface area contributed by atoms with E-state index < -0.39 is 6.10 Å². The van der Waals surface area contributed by atoms with Gasteiger partial charge >= 0.3 is 0 Å². The van der Waals surface area contributed by atoms with E-state index in [2.05, 4.69) is 10.6 Å². The molecule has 1 fully saturated rings. The predicted molar refractivity (Wildman–Crippen MR) is 85.3 cm³/mol. The standard InChI is InChI=1S/C16H26N4O2/c1-2-22-10-12(21)9-18-16-13-5-7-17-8-6-14(13)19-15(20-16)11-3-4-11/h11-12,17,21H,2-10H2,1H3,(H,18,19,20)/t12-/m0/s1. The smallest absolute Gasteiger partial charge is 0.134 e. The minimum atomic E-state index is -0.515. The Hall–Kier alpha value is -1.24. The van der Waals surface area contributed by atoms with Crippen LogP contribution in [0.2, 0.25) is 0 Å². The summed E-state index contributed by atoms with van der Waals surface area (Å²) < 4.78 is 5.26. The number of fused-ring (bicyclic) bond motifs is 1. The van der Waals surface area contributed by atoms with E-state index >= 15 is 0 Å². The molecule has 0 amide bonds. The van der Waals surface area contributed by atoms with Crippen molar-refractivity contribution in [3.05, 3.63) is 17.1 Å². The van der Waals surface area contributed by atoms with Crippen molar-refractivity contribution in [1.29, 1.82) is 0 Å². The molecule has 1 aromatic rings. The van der Waals surface area contributed by atoms with Crippen molar-refractivity contribution in [3.8, 4) is 0 Å². The molecule has 1 aliphatic carbocycles. The number of hydrogen-bond acceptors (Lipinski definition) is 6. The van der Waals surface area contributed by atoms with Gasteiger partial charge in [0.25, 0.3) is 0 Å². The van der Waals surface area contributed by atoms with Gasteiger partial charge < -0.3 is 20.5 Å². The summed E-state index contributed by atoms with van der Waals surface area (Å²) in [4.78, 5) is 9.53. The maximum Gasteiger partial charge on any atom is 0.134 e. The number of nitrogens with zero attached hydrogens (tertiary/aromatic N) is 2. The van der Waals surface area contributed by atoms with Crippen LogP contribution in [0.25, 0.3) is 0 Å². The Morgan fingerprint density at radius 2 is 2.14 bits per heavy atom. The molecule has 0 unspecified atom stereocenters. The molecule has 1 saturated carbocycles. The molecule has 2 heterocycles. The van der Waals surface area contributed by atoms with Gasteiger partial charge in [0, 0.05) is 37.6 Å². The fourth-order valence-electron chi connectivity index (χ4n) is 2.76. The number of nitrogens with one attached hydrogen (secondary N) is 2. The van der Waals surface area contributed by atoms with E-state index in [-0.39, 0.29) is 0 Å². The van der Waals surface area contributed by atoms with Crippen molar-refractivity contribution in [2.45, 2.75) is 44.6 Å². The first-order valence-corrected chi connectivity index (χ1v) is 8.38. The number of hydrogen-bond donors (Lipinski definition) is 3. The maximum atomic E-state index is 9.95. The molecule has 2 aliphatic rings. The quantitative estimate of drug-likeness (QED) is 0.693. The zero-order valence-electron chi connectivity index (χ0n) is 13.3. The highest BCUT2D eigenvalue weighted by atomic mass is 16.5. The summed E-state index contributed by atoms with van der Waals surface area (Å²) in [6.07, 6.45) is 3.77. The van der Waals surface area contributed by atoms with Gasteiger partial charge in [-0.15, -0.1) is 0 Å². The Morgan fingerprint density at radius 3 is 2.91 bits per heavy atom. The van der Waals surface area contributed by atoms with Crippen LogP contribution in [-0.2, 0) is 17.6 Å². The van der Waals surface area contributed by atoms with Crippen LogP contribution >= 0.6 is 0 Å². The Bertz CT molecular complexity index is 505. The van der Waals surface area contributed by atoms with Gasteiger partial charge in [-0.2, -0.15) is 0 Å².